The van der Waals surface area contributed by atoms with Gasteiger partial charge in [-0.3, -0.25) is 9.59 Å². The van der Waals surface area contributed by atoms with Gasteiger partial charge in [0.05, 0.1) is 6.04 Å². The lowest BCUT2D eigenvalue weighted by atomic mass is 9.99. The van der Waals surface area contributed by atoms with Crippen LogP contribution in [0.15, 0.2) is 91.0 Å². The molecular weight excluding hydrogens is 480 g/mol. The van der Waals surface area contributed by atoms with Gasteiger partial charge in [0.25, 0.3) is 5.91 Å². The topological polar surface area (TPSA) is 137 Å². The van der Waals surface area contributed by atoms with Crippen molar-refractivity contribution >= 4 is 23.3 Å². The molecule has 2 amide bonds. The summed E-state index contributed by atoms with van der Waals surface area (Å²) in [4.78, 5) is 25.0. The predicted octanol–water partition coefficient (Wildman–Crippen LogP) is 4.30. The minimum Gasteiger partial charge on any atom is -0.457 e. The average Bonchev–Trinajstić information content (AvgIpc) is 3.33. The molecular formula is C29H28N6O3. The number of ether oxygens (including phenoxy) is 1. The maximum atomic E-state index is 12.6. The summed E-state index contributed by atoms with van der Waals surface area (Å²) in [5.41, 5.74) is 14.4. The van der Waals surface area contributed by atoms with E-state index in [0.717, 1.165) is 16.9 Å². The van der Waals surface area contributed by atoms with Crippen molar-refractivity contribution in [1.82, 2.24) is 9.78 Å². The first kappa shape index (κ1) is 24.8. The number of hydrogen-bond donors (Lipinski definition) is 4. The number of primary amides is 1. The van der Waals surface area contributed by atoms with Crippen LogP contribution in [0, 0.1) is 0 Å². The van der Waals surface area contributed by atoms with Gasteiger partial charge in [0.15, 0.2) is 0 Å². The van der Waals surface area contributed by atoms with E-state index in [2.05, 4.69) is 10.6 Å². The third-order valence-electron chi connectivity index (χ3n) is 6.25. The number of rotatable bonds is 8. The summed E-state index contributed by atoms with van der Waals surface area (Å²) >= 11 is 0. The normalized spacial score (nSPS) is 14.5. The van der Waals surface area contributed by atoms with Crippen molar-refractivity contribution in [3.63, 3.8) is 0 Å². The van der Waals surface area contributed by atoms with E-state index in [1.807, 2.05) is 78.9 Å². The van der Waals surface area contributed by atoms with Gasteiger partial charge in [-0.2, -0.15) is 5.10 Å². The zero-order valence-corrected chi connectivity index (χ0v) is 20.6. The molecule has 38 heavy (non-hydrogen) atoms. The number of anilines is 2. The van der Waals surface area contributed by atoms with Crippen molar-refractivity contribution in [2.45, 2.75) is 12.5 Å². The molecule has 2 heterocycles. The van der Waals surface area contributed by atoms with Gasteiger partial charge in [0, 0.05) is 36.0 Å². The number of benzene rings is 3. The van der Waals surface area contributed by atoms with Crippen molar-refractivity contribution < 1.29 is 14.3 Å². The lowest BCUT2D eigenvalue weighted by Crippen LogP contribution is -2.27. The Morgan fingerprint density at radius 2 is 1.74 bits per heavy atom. The van der Waals surface area contributed by atoms with Crippen molar-refractivity contribution in [1.29, 1.82) is 0 Å². The molecule has 1 aliphatic rings. The molecule has 6 N–H and O–H groups in total. The number of nitrogens with one attached hydrogen (secondary N) is 2. The Hall–Kier alpha value is -4.89. The highest BCUT2D eigenvalue weighted by Gasteiger charge is 2.31. The Labute approximate surface area is 220 Å². The quantitative estimate of drug-likeness (QED) is 0.262. The molecule has 0 saturated carbocycles. The third kappa shape index (κ3) is 5.14. The van der Waals surface area contributed by atoms with Crippen LogP contribution < -0.4 is 26.8 Å². The number of nitrogens with zero attached hydrogens (tertiary/aromatic N) is 2. The van der Waals surface area contributed by atoms with E-state index in [4.69, 9.17) is 21.3 Å². The van der Waals surface area contributed by atoms with Gasteiger partial charge in [-0.1, -0.05) is 42.5 Å². The summed E-state index contributed by atoms with van der Waals surface area (Å²) in [6, 6.07) is 24.2. The second-order valence-corrected chi connectivity index (χ2v) is 8.77. The van der Waals surface area contributed by atoms with Crippen LogP contribution in [-0.4, -0.2) is 34.7 Å². The maximum Gasteiger partial charge on any atom is 0.254 e. The number of carbonyl (C=O) groups excluding carboxylic acids is 2. The van der Waals surface area contributed by atoms with Gasteiger partial charge in [-0.25, -0.2) is 4.68 Å². The van der Waals surface area contributed by atoms with Crippen LogP contribution in [0.25, 0.3) is 11.3 Å². The molecule has 1 atom stereocenters. The summed E-state index contributed by atoms with van der Waals surface area (Å²) in [5.74, 6) is 1.10. The molecule has 0 aliphatic carbocycles. The standard InChI is InChI=1S/C29H28N6O3/c30-17-6-11-25(36)33-23-10-5-4-9-22(23)24-16-18-32-29-26(28(31)37)27(34-35(24)29)19-12-14-21(15-13-19)38-20-7-2-1-3-8-20/h1-15,24,32H,16-18,30H2,(H2,31,37)(H,33,36). The lowest BCUT2D eigenvalue weighted by Gasteiger charge is -2.28. The highest BCUT2D eigenvalue weighted by atomic mass is 16.5. The van der Waals surface area contributed by atoms with Crippen LogP contribution >= 0.6 is 0 Å². The number of fused-ring (bicyclic) bond motifs is 1. The predicted molar refractivity (Wildman–Crippen MR) is 147 cm³/mol. The van der Waals surface area contributed by atoms with E-state index in [1.54, 1.807) is 10.8 Å². The molecule has 9 nitrogen and oxygen atoms in total. The Kier molecular flexibility index (Phi) is 7.19. The number of aromatic nitrogens is 2. The highest BCUT2D eigenvalue weighted by molar-refractivity contribution is 6.04. The smallest absolute Gasteiger partial charge is 0.254 e. The number of carbonyl (C=O) groups is 2. The first-order chi connectivity index (χ1) is 18.5. The fraction of sp³-hybridized carbons (Fsp3) is 0.138. The fourth-order valence-electron chi connectivity index (χ4n) is 4.56. The Bertz CT molecular complexity index is 1480. The minimum absolute atomic E-state index is 0.228. The van der Waals surface area contributed by atoms with E-state index < -0.39 is 5.91 Å². The molecule has 0 radical (unpaired) electrons. The van der Waals surface area contributed by atoms with E-state index in [9.17, 15) is 9.59 Å². The van der Waals surface area contributed by atoms with Gasteiger partial charge >= 0.3 is 0 Å². The first-order valence-electron chi connectivity index (χ1n) is 12.3. The Balaban J connectivity index is 1.50. The molecule has 0 bridgehead atoms. The van der Waals surface area contributed by atoms with E-state index in [1.165, 1.54) is 6.08 Å². The zero-order chi connectivity index (χ0) is 26.5. The molecule has 5 rings (SSSR count). The van der Waals surface area contributed by atoms with E-state index >= 15 is 0 Å². The van der Waals surface area contributed by atoms with Crippen LogP contribution in [0.1, 0.15) is 28.4 Å². The van der Waals surface area contributed by atoms with Gasteiger partial charge in [-0.05, 0) is 48.9 Å². The van der Waals surface area contributed by atoms with Crippen LogP contribution in [0.5, 0.6) is 11.5 Å². The first-order valence-corrected chi connectivity index (χ1v) is 12.3. The molecule has 1 aliphatic heterocycles. The van der Waals surface area contributed by atoms with Gasteiger partial charge in [0.2, 0.25) is 5.91 Å². The maximum absolute atomic E-state index is 12.6. The second kappa shape index (κ2) is 11.0. The summed E-state index contributed by atoms with van der Waals surface area (Å²) in [6.45, 7) is 0.882. The SMILES string of the molecule is NCC=CC(=O)Nc1ccccc1C1CCNc2c(C(N)=O)c(-c3ccc(Oc4ccccc4)cc3)nn21. The van der Waals surface area contributed by atoms with E-state index in [0.29, 0.717) is 41.5 Å². The Morgan fingerprint density at radius 1 is 1.03 bits per heavy atom. The second-order valence-electron chi connectivity index (χ2n) is 8.77. The molecule has 9 heteroatoms. The Morgan fingerprint density at radius 3 is 2.47 bits per heavy atom. The zero-order valence-electron chi connectivity index (χ0n) is 20.6. The van der Waals surface area contributed by atoms with Crippen LogP contribution in [0.2, 0.25) is 0 Å². The molecule has 192 valence electrons. The number of hydrogen-bond acceptors (Lipinski definition) is 6. The molecule has 0 fully saturated rings. The number of nitrogens with two attached hydrogens (primary N) is 2. The minimum atomic E-state index is -0.576. The fourth-order valence-corrected chi connectivity index (χ4v) is 4.56. The molecule has 1 unspecified atom stereocenters. The monoisotopic (exact) mass is 508 g/mol. The summed E-state index contributed by atoms with van der Waals surface area (Å²) < 4.78 is 7.68. The van der Waals surface area contributed by atoms with Crippen LogP contribution in [-0.2, 0) is 4.79 Å². The number of amides is 2. The van der Waals surface area contributed by atoms with Crippen LogP contribution in [0.3, 0.4) is 0 Å². The lowest BCUT2D eigenvalue weighted by molar-refractivity contribution is -0.111. The largest absolute Gasteiger partial charge is 0.457 e. The van der Waals surface area contributed by atoms with Crippen molar-refractivity contribution in [2.75, 3.05) is 23.7 Å². The molecule has 0 spiro atoms. The van der Waals surface area contributed by atoms with Crippen molar-refractivity contribution in [2.24, 2.45) is 11.5 Å². The van der Waals surface area contributed by atoms with Gasteiger partial charge in [0.1, 0.15) is 28.6 Å². The number of para-hydroxylation sites is 2. The molecule has 4 aromatic rings. The highest BCUT2D eigenvalue weighted by Crippen LogP contribution is 2.39. The van der Waals surface area contributed by atoms with Gasteiger partial charge in [-0.15, -0.1) is 0 Å². The third-order valence-corrected chi connectivity index (χ3v) is 6.25. The van der Waals surface area contributed by atoms with Gasteiger partial charge < -0.3 is 26.8 Å². The van der Waals surface area contributed by atoms with E-state index in [-0.39, 0.29) is 18.5 Å². The summed E-state index contributed by atoms with van der Waals surface area (Å²) in [7, 11) is 0. The molecule has 1 aromatic heterocycles. The molecule has 0 saturated heterocycles. The van der Waals surface area contributed by atoms with Crippen LogP contribution in [0.4, 0.5) is 11.5 Å². The average molecular weight is 509 g/mol. The summed E-state index contributed by atoms with van der Waals surface area (Å²) in [6.07, 6.45) is 3.70. The summed E-state index contributed by atoms with van der Waals surface area (Å²) in [5, 5.41) is 11.1. The molecule has 3 aromatic carbocycles. The van der Waals surface area contributed by atoms with Crippen molar-refractivity contribution in [3.8, 4) is 22.8 Å². The van der Waals surface area contributed by atoms with Crippen molar-refractivity contribution in [3.05, 3.63) is 102 Å².